The summed E-state index contributed by atoms with van der Waals surface area (Å²) in [4.78, 5) is 13.5. The third kappa shape index (κ3) is 5.14. The molecule has 1 atom stereocenters. The van der Waals surface area contributed by atoms with E-state index in [2.05, 4.69) is 17.1 Å². The van der Waals surface area contributed by atoms with E-state index in [4.69, 9.17) is 4.74 Å². The standard InChI is InChI=1S/C11H22N2O2/c1-10-4-3-6-13(8-10)7-5-12-11(14)9-15-2/h10H,3-9H2,1-2H3,(H,12,14)/t10-/m1/s1. The summed E-state index contributed by atoms with van der Waals surface area (Å²) in [6, 6.07) is 0. The van der Waals surface area contributed by atoms with E-state index in [-0.39, 0.29) is 12.5 Å². The smallest absolute Gasteiger partial charge is 0.246 e. The third-order valence-corrected chi connectivity index (χ3v) is 2.77. The van der Waals surface area contributed by atoms with E-state index in [1.165, 1.54) is 33.0 Å². The van der Waals surface area contributed by atoms with E-state index in [0.29, 0.717) is 0 Å². The number of nitrogens with zero attached hydrogens (tertiary/aromatic N) is 1. The maximum atomic E-state index is 11.1. The van der Waals surface area contributed by atoms with E-state index < -0.39 is 0 Å². The second kappa shape index (κ2) is 6.80. The number of likely N-dealkylation sites (tertiary alicyclic amines) is 1. The lowest BCUT2D eigenvalue weighted by Crippen LogP contribution is -2.40. The minimum atomic E-state index is -0.0254. The van der Waals surface area contributed by atoms with Gasteiger partial charge in [-0.1, -0.05) is 6.92 Å². The first-order chi connectivity index (χ1) is 7.22. The van der Waals surface area contributed by atoms with E-state index in [1.54, 1.807) is 0 Å². The monoisotopic (exact) mass is 214 g/mol. The lowest BCUT2D eigenvalue weighted by atomic mass is 10.0. The van der Waals surface area contributed by atoms with Crippen LogP contribution in [0.4, 0.5) is 0 Å². The minimum absolute atomic E-state index is 0.0254. The summed E-state index contributed by atoms with van der Waals surface area (Å²) in [5.41, 5.74) is 0. The molecule has 1 aliphatic heterocycles. The summed E-state index contributed by atoms with van der Waals surface area (Å²) < 4.78 is 4.74. The van der Waals surface area contributed by atoms with Crippen molar-refractivity contribution < 1.29 is 9.53 Å². The zero-order chi connectivity index (χ0) is 11.1. The lowest BCUT2D eigenvalue weighted by Gasteiger charge is -2.30. The van der Waals surface area contributed by atoms with Gasteiger partial charge in [-0.25, -0.2) is 0 Å². The van der Waals surface area contributed by atoms with Gasteiger partial charge in [-0.15, -0.1) is 0 Å². The van der Waals surface area contributed by atoms with Crippen LogP contribution in [-0.2, 0) is 9.53 Å². The van der Waals surface area contributed by atoms with Crippen LogP contribution in [0, 0.1) is 5.92 Å². The van der Waals surface area contributed by atoms with E-state index >= 15 is 0 Å². The Morgan fingerprint density at radius 1 is 1.60 bits per heavy atom. The van der Waals surface area contributed by atoms with Crippen molar-refractivity contribution in [3.05, 3.63) is 0 Å². The SMILES string of the molecule is COCC(=O)NCCN1CCC[C@@H](C)C1. The molecule has 1 aliphatic rings. The Morgan fingerprint density at radius 3 is 3.07 bits per heavy atom. The zero-order valence-electron chi connectivity index (χ0n) is 9.79. The van der Waals surface area contributed by atoms with Crippen LogP contribution < -0.4 is 5.32 Å². The molecule has 0 unspecified atom stereocenters. The number of hydrogen-bond donors (Lipinski definition) is 1. The van der Waals surface area contributed by atoms with Gasteiger partial charge in [0.2, 0.25) is 5.91 Å². The summed E-state index contributed by atoms with van der Waals surface area (Å²) in [6.45, 7) is 6.48. The van der Waals surface area contributed by atoms with E-state index in [9.17, 15) is 4.79 Å². The third-order valence-electron chi connectivity index (χ3n) is 2.77. The molecular weight excluding hydrogens is 192 g/mol. The number of rotatable bonds is 5. The molecule has 4 nitrogen and oxygen atoms in total. The quantitative estimate of drug-likeness (QED) is 0.724. The van der Waals surface area contributed by atoms with Crippen molar-refractivity contribution in [3.63, 3.8) is 0 Å². The highest BCUT2D eigenvalue weighted by Gasteiger charge is 2.15. The van der Waals surface area contributed by atoms with Crippen molar-refractivity contribution in [1.29, 1.82) is 0 Å². The fourth-order valence-corrected chi connectivity index (χ4v) is 2.03. The molecule has 1 N–H and O–H groups in total. The van der Waals surface area contributed by atoms with Gasteiger partial charge in [0.25, 0.3) is 0 Å². The fraction of sp³-hybridized carbons (Fsp3) is 0.909. The van der Waals surface area contributed by atoms with E-state index in [0.717, 1.165) is 19.0 Å². The molecule has 0 aromatic carbocycles. The maximum Gasteiger partial charge on any atom is 0.246 e. The molecule has 1 heterocycles. The number of piperidine rings is 1. The summed E-state index contributed by atoms with van der Waals surface area (Å²) in [7, 11) is 1.53. The van der Waals surface area contributed by atoms with Crippen molar-refractivity contribution in [2.45, 2.75) is 19.8 Å². The summed E-state index contributed by atoms with van der Waals surface area (Å²) in [5.74, 6) is 0.774. The van der Waals surface area contributed by atoms with Gasteiger partial charge >= 0.3 is 0 Å². The van der Waals surface area contributed by atoms with E-state index in [1.807, 2.05) is 0 Å². The van der Waals surface area contributed by atoms with Crippen LogP contribution in [0.25, 0.3) is 0 Å². The number of nitrogens with one attached hydrogen (secondary N) is 1. The number of ether oxygens (including phenoxy) is 1. The summed E-state index contributed by atoms with van der Waals surface area (Å²) >= 11 is 0. The number of hydrogen-bond acceptors (Lipinski definition) is 3. The van der Waals surface area contributed by atoms with Gasteiger partial charge in [0.05, 0.1) is 0 Å². The molecule has 0 aromatic heterocycles. The highest BCUT2D eigenvalue weighted by molar-refractivity contribution is 5.77. The topological polar surface area (TPSA) is 41.6 Å². The second-order valence-electron chi connectivity index (χ2n) is 4.33. The number of methoxy groups -OCH3 is 1. The highest BCUT2D eigenvalue weighted by Crippen LogP contribution is 2.14. The predicted octanol–water partition coefficient (Wildman–Crippen LogP) is 0.481. The second-order valence-corrected chi connectivity index (χ2v) is 4.33. The average molecular weight is 214 g/mol. The largest absolute Gasteiger partial charge is 0.375 e. The molecule has 15 heavy (non-hydrogen) atoms. The molecule has 0 aliphatic carbocycles. The lowest BCUT2D eigenvalue weighted by molar-refractivity contribution is -0.124. The van der Waals surface area contributed by atoms with Crippen molar-refractivity contribution >= 4 is 5.91 Å². The Balaban J connectivity index is 2.06. The van der Waals surface area contributed by atoms with Gasteiger partial charge in [0.1, 0.15) is 6.61 Å². The first-order valence-electron chi connectivity index (χ1n) is 5.70. The molecule has 4 heteroatoms. The Labute approximate surface area is 92.0 Å². The molecule has 0 aromatic rings. The molecule has 1 saturated heterocycles. The van der Waals surface area contributed by atoms with Gasteiger partial charge in [0, 0.05) is 26.7 Å². The van der Waals surface area contributed by atoms with Crippen molar-refractivity contribution in [2.24, 2.45) is 5.92 Å². The minimum Gasteiger partial charge on any atom is -0.375 e. The number of amides is 1. The average Bonchev–Trinajstić information content (AvgIpc) is 2.18. The number of carbonyl (C=O) groups excluding carboxylic acids is 1. The first-order valence-corrected chi connectivity index (χ1v) is 5.70. The van der Waals surface area contributed by atoms with Crippen LogP contribution >= 0.6 is 0 Å². The van der Waals surface area contributed by atoms with Crippen LogP contribution in [0.1, 0.15) is 19.8 Å². The molecule has 0 saturated carbocycles. The molecule has 1 amide bonds. The molecule has 0 radical (unpaired) electrons. The van der Waals surface area contributed by atoms with Crippen LogP contribution in [0.5, 0.6) is 0 Å². The van der Waals surface area contributed by atoms with Crippen LogP contribution in [0.3, 0.4) is 0 Å². The molecule has 88 valence electrons. The number of carbonyl (C=O) groups is 1. The van der Waals surface area contributed by atoms with Crippen molar-refractivity contribution in [2.75, 3.05) is 39.9 Å². The van der Waals surface area contributed by atoms with Gasteiger partial charge < -0.3 is 15.0 Å². The molecule has 0 bridgehead atoms. The fourth-order valence-electron chi connectivity index (χ4n) is 2.03. The van der Waals surface area contributed by atoms with Crippen LogP contribution in [0.15, 0.2) is 0 Å². The molecular formula is C11H22N2O2. The molecule has 1 fully saturated rings. The maximum absolute atomic E-state index is 11.1. The zero-order valence-corrected chi connectivity index (χ0v) is 9.79. The predicted molar refractivity (Wildman–Crippen MR) is 59.7 cm³/mol. The van der Waals surface area contributed by atoms with Gasteiger partial charge in [-0.2, -0.15) is 0 Å². The first kappa shape index (κ1) is 12.5. The highest BCUT2D eigenvalue weighted by atomic mass is 16.5. The molecule has 0 spiro atoms. The van der Waals surface area contributed by atoms with Crippen molar-refractivity contribution in [3.8, 4) is 0 Å². The molecule has 1 rings (SSSR count). The Hall–Kier alpha value is -0.610. The normalized spacial score (nSPS) is 22.7. The van der Waals surface area contributed by atoms with Gasteiger partial charge in [-0.3, -0.25) is 4.79 Å². The van der Waals surface area contributed by atoms with Gasteiger partial charge in [0.15, 0.2) is 0 Å². The Morgan fingerprint density at radius 2 is 2.40 bits per heavy atom. The summed E-state index contributed by atoms with van der Waals surface area (Å²) in [5, 5.41) is 2.84. The van der Waals surface area contributed by atoms with Crippen LogP contribution in [0.2, 0.25) is 0 Å². The van der Waals surface area contributed by atoms with Crippen molar-refractivity contribution in [1.82, 2.24) is 10.2 Å². The van der Waals surface area contributed by atoms with Crippen LogP contribution in [-0.4, -0.2) is 50.7 Å². The Kier molecular flexibility index (Phi) is 5.65. The van der Waals surface area contributed by atoms with Gasteiger partial charge in [-0.05, 0) is 25.3 Å². The summed E-state index contributed by atoms with van der Waals surface area (Å²) in [6.07, 6.45) is 2.62. The Bertz CT molecular complexity index is 197.